The first kappa shape index (κ1) is 24.6. The topological polar surface area (TPSA) is 87.3 Å². The minimum atomic E-state index is -0.0361. The van der Waals surface area contributed by atoms with Crippen LogP contribution in [0.4, 0.5) is 5.69 Å². The van der Waals surface area contributed by atoms with Gasteiger partial charge in [-0.1, -0.05) is 25.6 Å². The number of aromatic hydroxyl groups is 2. The smallest absolute Gasteiger partial charge is 0.196 e. The Kier molecular flexibility index (Phi) is 7.60. The Hall–Kier alpha value is -3.52. The molecule has 0 amide bonds. The van der Waals surface area contributed by atoms with Gasteiger partial charge in [-0.15, -0.1) is 10.2 Å². The number of anilines is 1. The van der Waals surface area contributed by atoms with E-state index in [1.54, 1.807) is 30.2 Å². The second-order valence-corrected chi connectivity index (χ2v) is 9.50. The average Bonchev–Trinajstić information content (AvgIpc) is 3.28. The SMILES string of the molecule is CCN(CC)c1ccc(-n2c(SCc3ccncc3)nnc2-c2cc(C(C)C)c(O)cc2O)cc1. The summed E-state index contributed by atoms with van der Waals surface area (Å²) in [5.74, 6) is 1.35. The second kappa shape index (κ2) is 10.8. The maximum Gasteiger partial charge on any atom is 0.196 e. The summed E-state index contributed by atoms with van der Waals surface area (Å²) in [7, 11) is 0. The lowest BCUT2D eigenvalue weighted by atomic mass is 9.98. The average molecular weight is 490 g/mol. The molecular weight excluding hydrogens is 458 g/mol. The number of hydrogen-bond acceptors (Lipinski definition) is 7. The van der Waals surface area contributed by atoms with Gasteiger partial charge in [-0.05, 0) is 73.4 Å². The number of aromatic nitrogens is 4. The van der Waals surface area contributed by atoms with E-state index in [1.165, 1.54) is 6.07 Å². The normalized spacial score (nSPS) is 11.2. The molecule has 0 saturated carbocycles. The van der Waals surface area contributed by atoms with Crippen molar-refractivity contribution in [2.75, 3.05) is 18.0 Å². The zero-order valence-electron chi connectivity index (χ0n) is 20.5. The molecule has 182 valence electrons. The molecule has 7 nitrogen and oxygen atoms in total. The van der Waals surface area contributed by atoms with Gasteiger partial charge < -0.3 is 15.1 Å². The van der Waals surface area contributed by atoms with E-state index in [9.17, 15) is 10.2 Å². The van der Waals surface area contributed by atoms with E-state index in [-0.39, 0.29) is 17.4 Å². The van der Waals surface area contributed by atoms with Crippen molar-refractivity contribution in [3.05, 3.63) is 72.1 Å². The first-order valence-corrected chi connectivity index (χ1v) is 12.8. The maximum atomic E-state index is 10.8. The molecule has 4 aromatic rings. The van der Waals surface area contributed by atoms with Gasteiger partial charge in [-0.3, -0.25) is 9.55 Å². The van der Waals surface area contributed by atoms with Crippen LogP contribution in [-0.2, 0) is 5.75 Å². The van der Waals surface area contributed by atoms with E-state index in [0.717, 1.165) is 35.6 Å². The molecule has 0 aliphatic rings. The Morgan fingerprint density at radius 3 is 2.23 bits per heavy atom. The zero-order chi connectivity index (χ0) is 24.9. The number of thioether (sulfide) groups is 1. The van der Waals surface area contributed by atoms with Crippen LogP contribution in [0.15, 0.2) is 66.1 Å². The fourth-order valence-corrected chi connectivity index (χ4v) is 4.94. The largest absolute Gasteiger partial charge is 0.508 e. The Morgan fingerprint density at radius 1 is 0.914 bits per heavy atom. The fourth-order valence-electron chi connectivity index (χ4n) is 4.03. The van der Waals surface area contributed by atoms with Crippen molar-refractivity contribution in [2.24, 2.45) is 0 Å². The van der Waals surface area contributed by atoms with Gasteiger partial charge in [0.2, 0.25) is 0 Å². The monoisotopic (exact) mass is 489 g/mol. The third-order valence-corrected chi connectivity index (χ3v) is 7.00. The van der Waals surface area contributed by atoms with E-state index in [4.69, 9.17) is 0 Å². The molecule has 0 spiro atoms. The number of phenolic OH excluding ortho intramolecular Hbond substituents is 2. The lowest BCUT2D eigenvalue weighted by Crippen LogP contribution is -2.21. The maximum absolute atomic E-state index is 10.8. The molecule has 0 bridgehead atoms. The highest BCUT2D eigenvalue weighted by molar-refractivity contribution is 7.98. The minimum absolute atomic E-state index is 0.0361. The van der Waals surface area contributed by atoms with Crippen molar-refractivity contribution in [2.45, 2.75) is 44.5 Å². The predicted octanol–water partition coefficient (Wildman–Crippen LogP) is 6.00. The number of hydrogen-bond donors (Lipinski definition) is 2. The Morgan fingerprint density at radius 2 is 1.60 bits per heavy atom. The molecule has 2 N–H and O–H groups in total. The van der Waals surface area contributed by atoms with Crippen molar-refractivity contribution in [3.8, 4) is 28.6 Å². The third-order valence-electron chi connectivity index (χ3n) is 6.00. The summed E-state index contributed by atoms with van der Waals surface area (Å²) in [6, 6.07) is 15.5. The van der Waals surface area contributed by atoms with Gasteiger partial charge in [0, 0.05) is 48.7 Å². The van der Waals surface area contributed by atoms with Crippen molar-refractivity contribution in [1.82, 2.24) is 19.7 Å². The number of benzene rings is 2. The second-order valence-electron chi connectivity index (χ2n) is 8.56. The van der Waals surface area contributed by atoms with Crippen LogP contribution in [0.5, 0.6) is 11.5 Å². The van der Waals surface area contributed by atoms with E-state index in [1.807, 2.05) is 30.5 Å². The van der Waals surface area contributed by atoms with Gasteiger partial charge in [0.15, 0.2) is 11.0 Å². The van der Waals surface area contributed by atoms with Crippen LogP contribution in [0.25, 0.3) is 17.1 Å². The zero-order valence-corrected chi connectivity index (χ0v) is 21.3. The fraction of sp³-hybridized carbons (Fsp3) is 0.296. The first-order valence-electron chi connectivity index (χ1n) is 11.8. The first-order chi connectivity index (χ1) is 16.9. The highest BCUT2D eigenvalue weighted by atomic mass is 32.2. The van der Waals surface area contributed by atoms with E-state index >= 15 is 0 Å². The van der Waals surface area contributed by atoms with Crippen LogP contribution in [-0.4, -0.2) is 43.1 Å². The van der Waals surface area contributed by atoms with Crippen LogP contribution in [0.1, 0.15) is 44.7 Å². The molecule has 35 heavy (non-hydrogen) atoms. The summed E-state index contributed by atoms with van der Waals surface area (Å²) in [4.78, 5) is 6.38. The molecule has 0 unspecified atom stereocenters. The van der Waals surface area contributed by atoms with E-state index < -0.39 is 0 Å². The molecule has 0 radical (unpaired) electrons. The summed E-state index contributed by atoms with van der Waals surface area (Å²) in [5, 5.41) is 30.8. The molecule has 0 aliphatic carbocycles. The van der Waals surface area contributed by atoms with Gasteiger partial charge >= 0.3 is 0 Å². The molecule has 0 atom stereocenters. The van der Waals surface area contributed by atoms with Crippen molar-refractivity contribution in [3.63, 3.8) is 0 Å². The number of rotatable bonds is 9. The molecule has 2 aromatic carbocycles. The summed E-state index contributed by atoms with van der Waals surface area (Å²) in [6.07, 6.45) is 3.56. The lowest BCUT2D eigenvalue weighted by Gasteiger charge is -2.21. The Labute approximate surface area is 210 Å². The molecule has 0 saturated heterocycles. The number of phenols is 2. The van der Waals surface area contributed by atoms with Crippen molar-refractivity contribution >= 4 is 17.4 Å². The third kappa shape index (κ3) is 5.27. The molecule has 4 rings (SSSR count). The van der Waals surface area contributed by atoms with Crippen molar-refractivity contribution < 1.29 is 10.2 Å². The Bertz CT molecular complexity index is 1270. The molecular formula is C27H31N5O2S. The van der Waals surface area contributed by atoms with Gasteiger partial charge in [-0.2, -0.15) is 0 Å². The van der Waals surface area contributed by atoms with Crippen LogP contribution >= 0.6 is 11.8 Å². The van der Waals surface area contributed by atoms with Crippen molar-refractivity contribution in [1.29, 1.82) is 0 Å². The lowest BCUT2D eigenvalue weighted by molar-refractivity contribution is 0.444. The molecule has 0 fully saturated rings. The van der Waals surface area contributed by atoms with Gasteiger partial charge in [0.05, 0.1) is 5.56 Å². The molecule has 8 heteroatoms. The molecule has 2 aromatic heterocycles. The van der Waals surface area contributed by atoms with Crippen LogP contribution in [0.3, 0.4) is 0 Å². The summed E-state index contributed by atoms with van der Waals surface area (Å²) >= 11 is 1.57. The van der Waals surface area contributed by atoms with E-state index in [0.29, 0.717) is 22.3 Å². The highest BCUT2D eigenvalue weighted by Gasteiger charge is 2.21. The van der Waals surface area contributed by atoms with Crippen LogP contribution in [0, 0.1) is 0 Å². The number of pyridine rings is 1. The van der Waals surface area contributed by atoms with Crippen LogP contribution in [0.2, 0.25) is 0 Å². The molecule has 2 heterocycles. The van der Waals surface area contributed by atoms with Gasteiger partial charge in [0.25, 0.3) is 0 Å². The van der Waals surface area contributed by atoms with Gasteiger partial charge in [-0.25, -0.2) is 0 Å². The summed E-state index contributed by atoms with van der Waals surface area (Å²) < 4.78 is 1.97. The Balaban J connectivity index is 1.81. The number of nitrogens with zero attached hydrogens (tertiary/aromatic N) is 5. The quantitative estimate of drug-likeness (QED) is 0.279. The summed E-state index contributed by atoms with van der Waals surface area (Å²) in [5.41, 5.74) is 4.45. The summed E-state index contributed by atoms with van der Waals surface area (Å²) in [6.45, 7) is 10.2. The molecule has 0 aliphatic heterocycles. The minimum Gasteiger partial charge on any atom is -0.508 e. The van der Waals surface area contributed by atoms with Gasteiger partial charge in [0.1, 0.15) is 11.5 Å². The van der Waals surface area contributed by atoms with E-state index in [2.05, 4.69) is 58.2 Å². The standard InChI is InChI=1S/C27H31N5O2S/c1-5-31(6-2)20-7-9-21(10-8-20)32-26(23-15-22(18(3)4)24(33)16-25(23)34)29-30-27(32)35-17-19-11-13-28-14-12-19/h7-16,18,33-34H,5-6,17H2,1-4H3. The predicted molar refractivity (Wildman–Crippen MR) is 142 cm³/mol. The van der Waals surface area contributed by atoms with Crippen LogP contribution < -0.4 is 4.90 Å². The highest BCUT2D eigenvalue weighted by Crippen LogP contribution is 2.39.